The van der Waals surface area contributed by atoms with E-state index in [1.54, 1.807) is 5.57 Å². The summed E-state index contributed by atoms with van der Waals surface area (Å²) < 4.78 is 0. The molecule has 0 spiro atoms. The quantitative estimate of drug-likeness (QED) is 0.466. The number of carboxylic acids is 1. The van der Waals surface area contributed by atoms with E-state index in [-0.39, 0.29) is 0 Å². The van der Waals surface area contributed by atoms with Gasteiger partial charge in [-0.3, -0.25) is 4.79 Å². The molecule has 0 aromatic carbocycles. The van der Waals surface area contributed by atoms with Gasteiger partial charge in [-0.05, 0) is 38.5 Å². The summed E-state index contributed by atoms with van der Waals surface area (Å²) in [4.78, 5) is 10.6. The highest BCUT2D eigenvalue weighted by atomic mass is 16.4. The molecule has 0 bridgehead atoms. The second-order valence-electron chi connectivity index (χ2n) is 6.89. The highest BCUT2D eigenvalue weighted by Crippen LogP contribution is 2.21. The SMILES string of the molecule is O=C(O)CCCC=C1CCCCCCCCCCCCCC1. The van der Waals surface area contributed by atoms with Gasteiger partial charge in [0.05, 0.1) is 0 Å². The Balaban J connectivity index is 2.32. The van der Waals surface area contributed by atoms with Crippen molar-refractivity contribution in [3.05, 3.63) is 11.6 Å². The summed E-state index contributed by atoms with van der Waals surface area (Å²) in [6, 6.07) is 0. The summed E-state index contributed by atoms with van der Waals surface area (Å²) in [6.07, 6.45) is 23.6. The summed E-state index contributed by atoms with van der Waals surface area (Å²) in [5.41, 5.74) is 1.60. The van der Waals surface area contributed by atoms with Crippen molar-refractivity contribution in [1.29, 1.82) is 0 Å². The second kappa shape index (κ2) is 13.8. The van der Waals surface area contributed by atoms with Crippen LogP contribution < -0.4 is 0 Å². The van der Waals surface area contributed by atoms with Gasteiger partial charge >= 0.3 is 5.97 Å². The average molecular weight is 309 g/mol. The van der Waals surface area contributed by atoms with E-state index < -0.39 is 5.97 Å². The largest absolute Gasteiger partial charge is 0.481 e. The molecule has 1 rings (SSSR count). The lowest BCUT2D eigenvalue weighted by atomic mass is 9.98. The molecular weight excluding hydrogens is 272 g/mol. The van der Waals surface area contributed by atoms with E-state index in [1.165, 1.54) is 89.9 Å². The lowest BCUT2D eigenvalue weighted by molar-refractivity contribution is -0.137. The first-order valence-electron chi connectivity index (χ1n) is 9.69. The predicted molar refractivity (Wildman–Crippen MR) is 94.2 cm³/mol. The summed E-state index contributed by atoms with van der Waals surface area (Å²) in [5.74, 6) is -0.666. The molecule has 0 heterocycles. The van der Waals surface area contributed by atoms with Crippen LogP contribution in [0.3, 0.4) is 0 Å². The summed E-state index contributed by atoms with van der Waals surface area (Å²) in [6.45, 7) is 0. The number of hydrogen-bond acceptors (Lipinski definition) is 1. The smallest absolute Gasteiger partial charge is 0.303 e. The van der Waals surface area contributed by atoms with E-state index in [0.717, 1.165) is 12.8 Å². The van der Waals surface area contributed by atoms with Crippen molar-refractivity contribution in [2.24, 2.45) is 0 Å². The van der Waals surface area contributed by atoms with Gasteiger partial charge in [0.15, 0.2) is 0 Å². The number of rotatable bonds is 4. The van der Waals surface area contributed by atoms with Crippen molar-refractivity contribution in [3.8, 4) is 0 Å². The fourth-order valence-corrected chi connectivity index (χ4v) is 3.36. The summed E-state index contributed by atoms with van der Waals surface area (Å²) in [7, 11) is 0. The number of unbranched alkanes of at least 4 members (excludes halogenated alkanes) is 1. The molecule has 1 aliphatic carbocycles. The maximum absolute atomic E-state index is 10.6. The Kier molecular flexibility index (Phi) is 12.1. The van der Waals surface area contributed by atoms with E-state index >= 15 is 0 Å². The van der Waals surface area contributed by atoms with Crippen molar-refractivity contribution in [2.75, 3.05) is 0 Å². The van der Waals surface area contributed by atoms with Crippen molar-refractivity contribution in [2.45, 2.75) is 109 Å². The third-order valence-electron chi connectivity index (χ3n) is 4.77. The van der Waals surface area contributed by atoms with Crippen molar-refractivity contribution in [3.63, 3.8) is 0 Å². The fraction of sp³-hybridized carbons (Fsp3) is 0.850. The third kappa shape index (κ3) is 11.8. The van der Waals surface area contributed by atoms with Crippen molar-refractivity contribution in [1.82, 2.24) is 0 Å². The Hall–Kier alpha value is -0.790. The molecule has 0 aromatic heterocycles. The van der Waals surface area contributed by atoms with Crippen LogP contribution in [0.25, 0.3) is 0 Å². The number of aliphatic carboxylic acids is 1. The molecule has 2 nitrogen and oxygen atoms in total. The molecule has 0 aliphatic heterocycles. The maximum Gasteiger partial charge on any atom is 0.303 e. The molecular formula is C20H36O2. The van der Waals surface area contributed by atoms with E-state index in [4.69, 9.17) is 5.11 Å². The van der Waals surface area contributed by atoms with Crippen LogP contribution in [0.2, 0.25) is 0 Å². The zero-order chi connectivity index (χ0) is 15.9. The van der Waals surface area contributed by atoms with Gasteiger partial charge in [-0.2, -0.15) is 0 Å². The Labute approximate surface area is 137 Å². The van der Waals surface area contributed by atoms with Crippen molar-refractivity contribution >= 4 is 5.97 Å². The molecule has 0 saturated heterocycles. The Morgan fingerprint density at radius 1 is 0.773 bits per heavy atom. The van der Waals surface area contributed by atoms with Crippen molar-refractivity contribution < 1.29 is 9.90 Å². The van der Waals surface area contributed by atoms with Crippen LogP contribution >= 0.6 is 0 Å². The predicted octanol–water partition coefficient (Wildman–Crippen LogP) is 6.64. The van der Waals surface area contributed by atoms with Crippen LogP contribution in [-0.2, 0) is 4.79 Å². The lowest BCUT2D eigenvalue weighted by Gasteiger charge is -2.08. The molecule has 1 aliphatic rings. The first-order chi connectivity index (χ1) is 10.8. The lowest BCUT2D eigenvalue weighted by Crippen LogP contribution is -1.93. The maximum atomic E-state index is 10.6. The Morgan fingerprint density at radius 2 is 1.18 bits per heavy atom. The number of hydrogen-bond donors (Lipinski definition) is 1. The number of carboxylic acid groups (broad SMARTS) is 1. The monoisotopic (exact) mass is 308 g/mol. The molecule has 0 radical (unpaired) electrons. The zero-order valence-electron chi connectivity index (χ0n) is 14.5. The molecule has 128 valence electrons. The van der Waals surface area contributed by atoms with Crippen LogP contribution in [0.4, 0.5) is 0 Å². The van der Waals surface area contributed by atoms with Gasteiger partial charge in [-0.15, -0.1) is 0 Å². The van der Waals surface area contributed by atoms with Crippen LogP contribution in [0.5, 0.6) is 0 Å². The van der Waals surface area contributed by atoms with Gasteiger partial charge in [-0.1, -0.05) is 75.9 Å². The number of carbonyl (C=O) groups is 1. The summed E-state index contributed by atoms with van der Waals surface area (Å²) >= 11 is 0. The van der Waals surface area contributed by atoms with Crippen LogP contribution in [0.1, 0.15) is 109 Å². The minimum atomic E-state index is -0.666. The van der Waals surface area contributed by atoms with E-state index in [2.05, 4.69) is 6.08 Å². The van der Waals surface area contributed by atoms with Crippen LogP contribution in [0, 0.1) is 0 Å². The molecule has 22 heavy (non-hydrogen) atoms. The highest BCUT2D eigenvalue weighted by molar-refractivity contribution is 5.66. The fourth-order valence-electron chi connectivity index (χ4n) is 3.36. The minimum Gasteiger partial charge on any atom is -0.481 e. The molecule has 0 aromatic rings. The first kappa shape index (κ1) is 19.3. The van der Waals surface area contributed by atoms with Gasteiger partial charge < -0.3 is 5.11 Å². The van der Waals surface area contributed by atoms with Gasteiger partial charge in [0.2, 0.25) is 0 Å². The molecule has 1 saturated carbocycles. The minimum absolute atomic E-state index is 0.309. The van der Waals surface area contributed by atoms with E-state index in [9.17, 15) is 4.79 Å². The van der Waals surface area contributed by atoms with E-state index in [1.807, 2.05) is 0 Å². The van der Waals surface area contributed by atoms with Crippen LogP contribution in [-0.4, -0.2) is 11.1 Å². The molecule has 1 fully saturated rings. The topological polar surface area (TPSA) is 37.3 Å². The number of allylic oxidation sites excluding steroid dienone is 2. The van der Waals surface area contributed by atoms with Gasteiger partial charge in [0, 0.05) is 6.42 Å². The normalized spacial score (nSPS) is 19.9. The molecule has 1 N–H and O–H groups in total. The zero-order valence-corrected chi connectivity index (χ0v) is 14.5. The van der Waals surface area contributed by atoms with Gasteiger partial charge in [-0.25, -0.2) is 0 Å². The molecule has 0 amide bonds. The second-order valence-corrected chi connectivity index (χ2v) is 6.89. The Morgan fingerprint density at radius 3 is 1.59 bits per heavy atom. The van der Waals surface area contributed by atoms with E-state index in [0.29, 0.717) is 6.42 Å². The van der Waals surface area contributed by atoms with Gasteiger partial charge in [0.25, 0.3) is 0 Å². The molecule has 0 atom stereocenters. The molecule has 2 heteroatoms. The molecule has 0 unspecified atom stereocenters. The van der Waals surface area contributed by atoms with Gasteiger partial charge in [0.1, 0.15) is 0 Å². The Bertz CT molecular complexity index is 289. The first-order valence-corrected chi connectivity index (χ1v) is 9.69. The summed E-state index contributed by atoms with van der Waals surface area (Å²) in [5, 5.41) is 8.71. The average Bonchev–Trinajstić information content (AvgIpc) is 2.50. The third-order valence-corrected chi connectivity index (χ3v) is 4.77. The highest BCUT2D eigenvalue weighted by Gasteiger charge is 2.02. The van der Waals surface area contributed by atoms with Crippen LogP contribution in [0.15, 0.2) is 11.6 Å². The standard InChI is InChI=1S/C20H36O2/c21-20(22)18-14-13-17-19-15-11-9-7-5-3-1-2-4-6-8-10-12-16-19/h17H,1-16,18H2,(H,21,22).